The number of hydrogen-bond donors (Lipinski definition) is 2. The number of nitrogens with one attached hydrogen (secondary N) is 2. The largest absolute Gasteiger partial charge is 0.330 e. The van der Waals surface area contributed by atoms with E-state index >= 15 is 0 Å². The van der Waals surface area contributed by atoms with E-state index in [0.717, 1.165) is 34.7 Å². The van der Waals surface area contributed by atoms with Crippen molar-refractivity contribution in [3.8, 4) is 0 Å². The molecule has 3 aromatic heterocycles. The van der Waals surface area contributed by atoms with Gasteiger partial charge < -0.3 is 10.6 Å². The first-order valence-electron chi connectivity index (χ1n) is 9.89. The molecule has 4 aromatic rings. The van der Waals surface area contributed by atoms with Crippen LogP contribution in [0.3, 0.4) is 0 Å². The molecule has 0 aliphatic rings. The van der Waals surface area contributed by atoms with Crippen molar-refractivity contribution in [3.05, 3.63) is 77.1 Å². The maximum absolute atomic E-state index is 6.05. The number of thiocarbonyl (C=S) groups is 1. The molecular formula is C21H23ClN8S. The minimum Gasteiger partial charge on any atom is -0.330 e. The standard InChI is InChI=1S/C21H23ClN8S/c1-3-30-15(2)17(8-25-30)12-29-14-20(10-24-29)27-21(31)26-19-9-23-28(13-19)11-16-5-4-6-18(22)7-16/h4-10,13-14H,3,11-12H2,1-2H3,(H2,26,27,31). The zero-order valence-corrected chi connectivity index (χ0v) is 18.9. The second-order valence-electron chi connectivity index (χ2n) is 7.13. The Morgan fingerprint density at radius 1 is 1.00 bits per heavy atom. The molecule has 8 nitrogen and oxygen atoms in total. The zero-order valence-electron chi connectivity index (χ0n) is 17.3. The van der Waals surface area contributed by atoms with E-state index in [1.807, 2.05) is 56.9 Å². The molecule has 0 spiro atoms. The van der Waals surface area contributed by atoms with E-state index in [4.69, 9.17) is 23.8 Å². The highest BCUT2D eigenvalue weighted by molar-refractivity contribution is 7.80. The molecule has 0 saturated heterocycles. The molecule has 31 heavy (non-hydrogen) atoms. The Labute approximate surface area is 190 Å². The lowest BCUT2D eigenvalue weighted by atomic mass is 10.2. The zero-order chi connectivity index (χ0) is 21.8. The van der Waals surface area contributed by atoms with Crippen molar-refractivity contribution in [2.45, 2.75) is 33.5 Å². The van der Waals surface area contributed by atoms with Crippen LogP contribution >= 0.6 is 23.8 Å². The van der Waals surface area contributed by atoms with Crippen LogP contribution in [-0.4, -0.2) is 34.5 Å². The molecule has 0 bridgehead atoms. The Morgan fingerprint density at radius 3 is 2.29 bits per heavy atom. The normalized spacial score (nSPS) is 10.9. The van der Waals surface area contributed by atoms with Gasteiger partial charge in [0.25, 0.3) is 0 Å². The van der Waals surface area contributed by atoms with Gasteiger partial charge in [-0.15, -0.1) is 0 Å². The number of halogens is 1. The van der Waals surface area contributed by atoms with E-state index in [9.17, 15) is 0 Å². The van der Waals surface area contributed by atoms with Crippen molar-refractivity contribution in [1.29, 1.82) is 0 Å². The highest BCUT2D eigenvalue weighted by Crippen LogP contribution is 2.14. The summed E-state index contributed by atoms with van der Waals surface area (Å²) >= 11 is 11.5. The summed E-state index contributed by atoms with van der Waals surface area (Å²) in [6.07, 6.45) is 9.18. The van der Waals surface area contributed by atoms with Gasteiger partial charge >= 0.3 is 0 Å². The Hall–Kier alpha value is -3.17. The summed E-state index contributed by atoms with van der Waals surface area (Å²) in [5.74, 6) is 0. The summed E-state index contributed by atoms with van der Waals surface area (Å²) in [4.78, 5) is 0. The van der Waals surface area contributed by atoms with E-state index in [1.165, 1.54) is 0 Å². The van der Waals surface area contributed by atoms with E-state index < -0.39 is 0 Å². The second kappa shape index (κ2) is 9.32. The summed E-state index contributed by atoms with van der Waals surface area (Å²) in [6.45, 7) is 6.29. The van der Waals surface area contributed by atoms with Crippen LogP contribution in [0.15, 0.2) is 55.2 Å². The molecule has 0 aliphatic heterocycles. The molecule has 0 saturated carbocycles. The maximum Gasteiger partial charge on any atom is 0.175 e. The molecule has 160 valence electrons. The van der Waals surface area contributed by atoms with Crippen LogP contribution in [-0.2, 0) is 19.6 Å². The molecule has 0 fully saturated rings. The van der Waals surface area contributed by atoms with Gasteiger partial charge in [0.1, 0.15) is 0 Å². The lowest BCUT2D eigenvalue weighted by Crippen LogP contribution is -2.18. The van der Waals surface area contributed by atoms with Crippen LogP contribution in [0.2, 0.25) is 5.02 Å². The third kappa shape index (κ3) is 5.31. The topological polar surface area (TPSA) is 77.5 Å². The fraction of sp³-hybridized carbons (Fsp3) is 0.238. The lowest BCUT2D eigenvalue weighted by Gasteiger charge is -2.07. The van der Waals surface area contributed by atoms with Crippen LogP contribution in [0.1, 0.15) is 23.7 Å². The average molecular weight is 455 g/mol. The van der Waals surface area contributed by atoms with Crippen molar-refractivity contribution in [2.24, 2.45) is 0 Å². The summed E-state index contributed by atoms with van der Waals surface area (Å²) in [5.41, 5.74) is 4.98. The molecule has 0 atom stereocenters. The third-order valence-corrected chi connectivity index (χ3v) is 5.29. The molecule has 2 N–H and O–H groups in total. The first-order chi connectivity index (χ1) is 15.0. The highest BCUT2D eigenvalue weighted by atomic mass is 35.5. The van der Waals surface area contributed by atoms with Crippen molar-refractivity contribution in [2.75, 3.05) is 10.6 Å². The van der Waals surface area contributed by atoms with Crippen LogP contribution in [0.5, 0.6) is 0 Å². The summed E-state index contributed by atoms with van der Waals surface area (Å²) < 4.78 is 5.66. The van der Waals surface area contributed by atoms with Crippen molar-refractivity contribution in [3.63, 3.8) is 0 Å². The number of anilines is 2. The predicted octanol–water partition coefficient (Wildman–Crippen LogP) is 4.16. The van der Waals surface area contributed by atoms with Gasteiger partial charge in [0, 0.05) is 35.2 Å². The van der Waals surface area contributed by atoms with Gasteiger partial charge in [-0.2, -0.15) is 15.3 Å². The lowest BCUT2D eigenvalue weighted by molar-refractivity contribution is 0.633. The minimum absolute atomic E-state index is 0.469. The molecule has 10 heteroatoms. The Balaban J connectivity index is 1.32. The van der Waals surface area contributed by atoms with Gasteiger partial charge in [0.15, 0.2) is 5.11 Å². The Bertz CT molecular complexity index is 1190. The number of benzene rings is 1. The molecule has 4 rings (SSSR count). The quantitative estimate of drug-likeness (QED) is 0.408. The summed E-state index contributed by atoms with van der Waals surface area (Å²) in [7, 11) is 0. The molecule has 0 unspecified atom stereocenters. The number of hydrogen-bond acceptors (Lipinski definition) is 4. The van der Waals surface area contributed by atoms with E-state index in [0.29, 0.717) is 23.2 Å². The average Bonchev–Trinajstić information content (AvgIpc) is 3.44. The summed E-state index contributed by atoms with van der Waals surface area (Å²) in [6, 6.07) is 7.72. The molecular weight excluding hydrogens is 432 g/mol. The van der Waals surface area contributed by atoms with E-state index in [-0.39, 0.29) is 0 Å². The predicted molar refractivity (Wildman–Crippen MR) is 127 cm³/mol. The highest BCUT2D eigenvalue weighted by Gasteiger charge is 2.08. The van der Waals surface area contributed by atoms with Gasteiger partial charge in [-0.3, -0.25) is 14.0 Å². The van der Waals surface area contributed by atoms with Crippen LogP contribution in [0.25, 0.3) is 0 Å². The van der Waals surface area contributed by atoms with Gasteiger partial charge in [-0.05, 0) is 43.8 Å². The monoisotopic (exact) mass is 454 g/mol. The van der Waals surface area contributed by atoms with Gasteiger partial charge in [0.2, 0.25) is 0 Å². The fourth-order valence-corrected chi connectivity index (χ4v) is 3.73. The first-order valence-corrected chi connectivity index (χ1v) is 10.7. The second-order valence-corrected chi connectivity index (χ2v) is 7.98. The van der Waals surface area contributed by atoms with Crippen molar-refractivity contribution < 1.29 is 0 Å². The first kappa shape index (κ1) is 21.1. The van der Waals surface area contributed by atoms with Gasteiger partial charge in [0.05, 0.1) is 43.1 Å². The van der Waals surface area contributed by atoms with Crippen LogP contribution < -0.4 is 10.6 Å². The third-order valence-electron chi connectivity index (χ3n) is 4.85. The van der Waals surface area contributed by atoms with E-state index in [2.05, 4.69) is 39.8 Å². The smallest absolute Gasteiger partial charge is 0.175 e. The van der Waals surface area contributed by atoms with Crippen LogP contribution in [0, 0.1) is 6.92 Å². The van der Waals surface area contributed by atoms with Crippen molar-refractivity contribution in [1.82, 2.24) is 29.3 Å². The molecule has 3 heterocycles. The SMILES string of the molecule is CCn1ncc(Cn2cc(NC(=S)Nc3cnn(Cc4cccc(Cl)c4)c3)cn2)c1C. The molecule has 1 aromatic carbocycles. The number of aryl methyl sites for hydroxylation is 1. The number of rotatable bonds is 7. The molecule has 0 radical (unpaired) electrons. The Kier molecular flexibility index (Phi) is 6.34. The molecule has 0 amide bonds. The summed E-state index contributed by atoms with van der Waals surface area (Å²) in [5, 5.41) is 20.6. The van der Waals surface area contributed by atoms with Crippen molar-refractivity contribution >= 4 is 40.3 Å². The van der Waals surface area contributed by atoms with Crippen LogP contribution in [0.4, 0.5) is 11.4 Å². The van der Waals surface area contributed by atoms with Gasteiger partial charge in [-0.1, -0.05) is 23.7 Å². The fourth-order valence-electron chi connectivity index (χ4n) is 3.28. The number of aromatic nitrogens is 6. The minimum atomic E-state index is 0.469. The van der Waals surface area contributed by atoms with Gasteiger partial charge in [-0.25, -0.2) is 0 Å². The number of nitrogens with zero attached hydrogens (tertiary/aromatic N) is 6. The van der Waals surface area contributed by atoms with E-state index in [1.54, 1.807) is 12.4 Å². The Morgan fingerprint density at radius 2 is 1.68 bits per heavy atom. The molecule has 0 aliphatic carbocycles. The maximum atomic E-state index is 6.05.